The topological polar surface area (TPSA) is 62.2 Å². The highest BCUT2D eigenvalue weighted by molar-refractivity contribution is 9.10. The first kappa shape index (κ1) is 13.5. The molecule has 0 saturated heterocycles. The van der Waals surface area contributed by atoms with Gasteiger partial charge in [-0.25, -0.2) is 9.78 Å². The number of nitrogens with zero attached hydrogens (tertiary/aromatic N) is 1. The Kier molecular flexibility index (Phi) is 3.85. The third-order valence-electron chi connectivity index (χ3n) is 2.72. The molecule has 4 nitrogen and oxygen atoms in total. The van der Waals surface area contributed by atoms with Crippen LogP contribution in [-0.4, -0.2) is 16.1 Å². The van der Waals surface area contributed by atoms with Gasteiger partial charge in [0.1, 0.15) is 5.82 Å². The van der Waals surface area contributed by atoms with E-state index in [9.17, 15) is 4.79 Å². The molecule has 0 aliphatic rings. The molecule has 0 bridgehead atoms. The molecule has 5 heteroatoms. The summed E-state index contributed by atoms with van der Waals surface area (Å²) in [6.45, 7) is 4.01. The van der Waals surface area contributed by atoms with Crippen LogP contribution in [0.5, 0.6) is 0 Å². The van der Waals surface area contributed by atoms with Gasteiger partial charge in [-0.15, -0.1) is 0 Å². The van der Waals surface area contributed by atoms with E-state index in [2.05, 4.69) is 26.2 Å². The minimum atomic E-state index is -0.964. The highest BCUT2D eigenvalue weighted by atomic mass is 79.9. The summed E-state index contributed by atoms with van der Waals surface area (Å²) >= 11 is 3.51. The fourth-order valence-corrected chi connectivity index (χ4v) is 2.03. The number of nitrogens with one attached hydrogen (secondary N) is 1. The van der Waals surface area contributed by atoms with Crippen molar-refractivity contribution in [1.29, 1.82) is 0 Å². The van der Waals surface area contributed by atoms with E-state index in [1.54, 1.807) is 0 Å². The van der Waals surface area contributed by atoms with E-state index in [-0.39, 0.29) is 5.56 Å². The summed E-state index contributed by atoms with van der Waals surface area (Å²) in [4.78, 5) is 15.0. The number of carboxylic acid groups (broad SMARTS) is 1. The van der Waals surface area contributed by atoms with Crippen molar-refractivity contribution in [3.8, 4) is 0 Å². The van der Waals surface area contributed by atoms with Crippen LogP contribution in [0.3, 0.4) is 0 Å². The minimum absolute atomic E-state index is 0.211. The van der Waals surface area contributed by atoms with Crippen LogP contribution in [0, 0.1) is 13.8 Å². The lowest BCUT2D eigenvalue weighted by Crippen LogP contribution is -2.00. The van der Waals surface area contributed by atoms with Gasteiger partial charge in [0.25, 0.3) is 0 Å². The quantitative estimate of drug-likeness (QED) is 0.900. The molecular formula is C14H13BrN2O2. The number of anilines is 2. The minimum Gasteiger partial charge on any atom is -0.478 e. The Morgan fingerprint density at radius 3 is 2.47 bits per heavy atom. The fraction of sp³-hybridized carbons (Fsp3) is 0.143. The summed E-state index contributed by atoms with van der Waals surface area (Å²) < 4.78 is 1.07. The van der Waals surface area contributed by atoms with Gasteiger partial charge in [0, 0.05) is 16.4 Å². The predicted molar refractivity (Wildman–Crippen MR) is 78.1 cm³/mol. The van der Waals surface area contributed by atoms with E-state index >= 15 is 0 Å². The lowest BCUT2D eigenvalue weighted by Gasteiger charge is -2.10. The van der Waals surface area contributed by atoms with Crippen molar-refractivity contribution in [3.63, 3.8) is 0 Å². The zero-order valence-corrected chi connectivity index (χ0v) is 12.2. The van der Waals surface area contributed by atoms with Gasteiger partial charge in [-0.1, -0.05) is 15.9 Å². The van der Waals surface area contributed by atoms with Crippen molar-refractivity contribution in [2.24, 2.45) is 0 Å². The number of benzene rings is 1. The van der Waals surface area contributed by atoms with E-state index in [0.717, 1.165) is 21.3 Å². The second-order valence-corrected chi connectivity index (χ2v) is 5.08. The van der Waals surface area contributed by atoms with Crippen LogP contribution in [0.2, 0.25) is 0 Å². The van der Waals surface area contributed by atoms with Crippen LogP contribution in [-0.2, 0) is 0 Å². The average Bonchev–Trinajstić information content (AvgIpc) is 2.36. The zero-order valence-electron chi connectivity index (χ0n) is 10.6. The molecule has 2 N–H and O–H groups in total. The number of pyridine rings is 1. The first-order valence-electron chi connectivity index (χ1n) is 5.70. The summed E-state index contributed by atoms with van der Waals surface area (Å²) in [5.41, 5.74) is 3.31. The molecule has 0 aliphatic heterocycles. The van der Waals surface area contributed by atoms with Crippen molar-refractivity contribution >= 4 is 33.4 Å². The summed E-state index contributed by atoms with van der Waals surface area (Å²) in [7, 11) is 0. The highest BCUT2D eigenvalue weighted by Crippen LogP contribution is 2.26. The normalized spacial score (nSPS) is 10.3. The number of halogens is 1. The second kappa shape index (κ2) is 5.40. The van der Waals surface area contributed by atoms with Crippen LogP contribution >= 0.6 is 15.9 Å². The maximum atomic E-state index is 10.9. The standard InChI is InChI=1S/C14H13BrN2O2/c1-8-5-11(6-9(2)13(8)15)17-12-7-10(14(18)19)3-4-16-12/h3-7H,1-2H3,(H,16,17)(H,18,19). The van der Waals surface area contributed by atoms with Crippen LogP contribution < -0.4 is 5.32 Å². The van der Waals surface area contributed by atoms with E-state index in [4.69, 9.17) is 5.11 Å². The number of hydrogen-bond acceptors (Lipinski definition) is 3. The third kappa shape index (κ3) is 3.12. The zero-order chi connectivity index (χ0) is 14.0. The van der Waals surface area contributed by atoms with Crippen LogP contribution in [0.15, 0.2) is 34.9 Å². The third-order valence-corrected chi connectivity index (χ3v) is 3.97. The van der Waals surface area contributed by atoms with Gasteiger partial charge < -0.3 is 10.4 Å². The summed E-state index contributed by atoms with van der Waals surface area (Å²) in [6, 6.07) is 6.93. The van der Waals surface area contributed by atoms with Crippen LogP contribution in [0.4, 0.5) is 11.5 Å². The molecule has 2 rings (SSSR count). The SMILES string of the molecule is Cc1cc(Nc2cc(C(=O)O)ccn2)cc(C)c1Br. The van der Waals surface area contributed by atoms with E-state index in [1.807, 2.05) is 26.0 Å². The lowest BCUT2D eigenvalue weighted by molar-refractivity contribution is 0.0697. The Balaban J connectivity index is 2.31. The summed E-state index contributed by atoms with van der Waals surface area (Å²) in [5.74, 6) is -0.449. The van der Waals surface area contributed by atoms with Crippen molar-refractivity contribution in [3.05, 3.63) is 51.6 Å². The monoisotopic (exact) mass is 320 g/mol. The Hall–Kier alpha value is -1.88. The number of rotatable bonds is 3. The Labute approximate surface area is 119 Å². The largest absolute Gasteiger partial charge is 0.478 e. The molecular weight excluding hydrogens is 308 g/mol. The van der Waals surface area contributed by atoms with Crippen LogP contribution in [0.25, 0.3) is 0 Å². The molecule has 0 spiro atoms. The Morgan fingerprint density at radius 2 is 1.89 bits per heavy atom. The number of carbonyl (C=O) groups is 1. The van der Waals surface area contributed by atoms with E-state index in [0.29, 0.717) is 5.82 Å². The highest BCUT2D eigenvalue weighted by Gasteiger charge is 2.06. The molecule has 19 heavy (non-hydrogen) atoms. The Morgan fingerprint density at radius 1 is 1.26 bits per heavy atom. The molecule has 1 aromatic heterocycles. The number of aryl methyl sites for hydroxylation is 2. The molecule has 2 aromatic rings. The summed E-state index contributed by atoms with van der Waals surface area (Å²) in [6.07, 6.45) is 1.48. The molecule has 1 heterocycles. The lowest BCUT2D eigenvalue weighted by atomic mass is 10.1. The number of aromatic nitrogens is 1. The maximum Gasteiger partial charge on any atom is 0.335 e. The molecule has 0 fully saturated rings. The molecule has 0 amide bonds. The maximum absolute atomic E-state index is 10.9. The van der Waals surface area contributed by atoms with Gasteiger partial charge in [-0.2, -0.15) is 0 Å². The van der Waals surface area contributed by atoms with Crippen molar-refractivity contribution in [2.45, 2.75) is 13.8 Å². The summed E-state index contributed by atoms with van der Waals surface area (Å²) in [5, 5.41) is 12.1. The number of carboxylic acids is 1. The first-order chi connectivity index (χ1) is 8.97. The smallest absolute Gasteiger partial charge is 0.335 e. The van der Waals surface area contributed by atoms with Crippen molar-refractivity contribution in [1.82, 2.24) is 4.98 Å². The van der Waals surface area contributed by atoms with Crippen LogP contribution in [0.1, 0.15) is 21.5 Å². The molecule has 98 valence electrons. The van der Waals surface area contributed by atoms with Crippen molar-refractivity contribution in [2.75, 3.05) is 5.32 Å². The molecule has 0 saturated carbocycles. The predicted octanol–water partition coefficient (Wildman–Crippen LogP) is 3.90. The van der Waals surface area contributed by atoms with Gasteiger partial charge in [-0.3, -0.25) is 0 Å². The first-order valence-corrected chi connectivity index (χ1v) is 6.50. The number of hydrogen-bond donors (Lipinski definition) is 2. The average molecular weight is 321 g/mol. The van der Waals surface area contributed by atoms with Gasteiger partial charge in [0.15, 0.2) is 0 Å². The fourth-order valence-electron chi connectivity index (χ4n) is 1.80. The van der Waals surface area contributed by atoms with E-state index in [1.165, 1.54) is 18.3 Å². The van der Waals surface area contributed by atoms with E-state index < -0.39 is 5.97 Å². The number of aromatic carboxylic acids is 1. The molecule has 0 aliphatic carbocycles. The Bertz CT molecular complexity index is 618. The molecule has 0 atom stereocenters. The molecule has 0 radical (unpaired) electrons. The van der Waals surface area contributed by atoms with Gasteiger partial charge >= 0.3 is 5.97 Å². The van der Waals surface area contributed by atoms with Crippen molar-refractivity contribution < 1.29 is 9.90 Å². The molecule has 0 unspecified atom stereocenters. The second-order valence-electron chi connectivity index (χ2n) is 4.28. The van der Waals surface area contributed by atoms with Gasteiger partial charge in [0.05, 0.1) is 5.56 Å². The van der Waals surface area contributed by atoms with Gasteiger partial charge in [0.2, 0.25) is 0 Å². The molecule has 1 aromatic carbocycles. The van der Waals surface area contributed by atoms with Gasteiger partial charge in [-0.05, 0) is 49.2 Å².